The summed E-state index contributed by atoms with van der Waals surface area (Å²) in [6, 6.07) is 13.0. The molecule has 0 atom stereocenters. The average Bonchev–Trinajstić information content (AvgIpc) is 3.33. The van der Waals surface area contributed by atoms with E-state index in [2.05, 4.69) is 10.3 Å². The molecule has 1 aromatic carbocycles. The second-order valence-corrected chi connectivity index (χ2v) is 8.52. The van der Waals surface area contributed by atoms with Crippen LogP contribution in [0.15, 0.2) is 54.0 Å². The first-order chi connectivity index (χ1) is 15.5. The van der Waals surface area contributed by atoms with Gasteiger partial charge in [-0.05, 0) is 50.1 Å². The number of carbonyl (C=O) groups is 2. The molecule has 3 heterocycles. The smallest absolute Gasteiger partial charge is 0.341 e. The number of halogens is 1. The molecule has 0 bridgehead atoms. The summed E-state index contributed by atoms with van der Waals surface area (Å²) in [5, 5.41) is 5.84. The molecular weight excluding hydrogens is 446 g/mol. The van der Waals surface area contributed by atoms with Crippen molar-refractivity contribution in [2.75, 3.05) is 11.9 Å². The number of hydrogen-bond donors (Lipinski definition) is 1. The van der Waals surface area contributed by atoms with Gasteiger partial charge in [-0.25, -0.2) is 9.78 Å². The number of nitrogens with zero attached hydrogens (tertiary/aromatic N) is 2. The van der Waals surface area contributed by atoms with Gasteiger partial charge in [0.2, 0.25) is 5.91 Å². The Morgan fingerprint density at radius 3 is 2.72 bits per heavy atom. The van der Waals surface area contributed by atoms with Crippen molar-refractivity contribution >= 4 is 45.5 Å². The molecule has 0 aliphatic heterocycles. The number of anilines is 1. The molecule has 0 radical (unpaired) electrons. The van der Waals surface area contributed by atoms with Crippen LogP contribution in [0.25, 0.3) is 16.8 Å². The van der Waals surface area contributed by atoms with Gasteiger partial charge in [-0.3, -0.25) is 4.79 Å². The summed E-state index contributed by atoms with van der Waals surface area (Å²) in [4.78, 5) is 30.0. The van der Waals surface area contributed by atoms with Crippen molar-refractivity contribution in [2.45, 2.75) is 26.7 Å². The molecule has 1 amide bonds. The van der Waals surface area contributed by atoms with E-state index in [4.69, 9.17) is 16.3 Å². The van der Waals surface area contributed by atoms with E-state index in [1.807, 2.05) is 53.2 Å². The predicted molar refractivity (Wildman–Crippen MR) is 128 cm³/mol. The lowest BCUT2D eigenvalue weighted by Crippen LogP contribution is -2.15. The third-order valence-electron chi connectivity index (χ3n) is 5.10. The first-order valence-electron chi connectivity index (χ1n) is 10.2. The molecule has 3 aromatic heterocycles. The van der Waals surface area contributed by atoms with Crippen molar-refractivity contribution < 1.29 is 14.3 Å². The molecule has 0 fully saturated rings. The molecule has 0 aliphatic carbocycles. The Balaban J connectivity index is 1.55. The third kappa shape index (κ3) is 4.54. The number of imidazole rings is 1. The van der Waals surface area contributed by atoms with E-state index < -0.39 is 5.97 Å². The molecule has 4 aromatic rings. The number of nitrogens with one attached hydrogen (secondary N) is 1. The molecule has 0 saturated heterocycles. The van der Waals surface area contributed by atoms with E-state index in [0.29, 0.717) is 27.6 Å². The van der Waals surface area contributed by atoms with Crippen LogP contribution in [0.5, 0.6) is 0 Å². The number of benzene rings is 1. The summed E-state index contributed by atoms with van der Waals surface area (Å²) in [7, 11) is 0. The van der Waals surface area contributed by atoms with Crippen LogP contribution in [-0.2, 0) is 16.0 Å². The van der Waals surface area contributed by atoms with Crippen molar-refractivity contribution in [1.29, 1.82) is 0 Å². The molecule has 0 saturated carbocycles. The molecule has 164 valence electrons. The average molecular weight is 468 g/mol. The van der Waals surface area contributed by atoms with Crippen molar-refractivity contribution in [3.8, 4) is 11.1 Å². The summed E-state index contributed by atoms with van der Waals surface area (Å²) in [5.74, 6) is -0.642. The Labute approximate surface area is 194 Å². The van der Waals surface area contributed by atoms with Gasteiger partial charge in [-0.15, -0.1) is 11.3 Å². The minimum atomic E-state index is -0.466. The Bertz CT molecular complexity index is 1280. The van der Waals surface area contributed by atoms with Crippen LogP contribution in [-0.4, -0.2) is 27.9 Å². The maximum atomic E-state index is 12.8. The van der Waals surface area contributed by atoms with Crippen LogP contribution < -0.4 is 5.32 Å². The topological polar surface area (TPSA) is 72.7 Å². The van der Waals surface area contributed by atoms with Crippen LogP contribution >= 0.6 is 22.9 Å². The van der Waals surface area contributed by atoms with Crippen LogP contribution in [0, 0.1) is 6.92 Å². The number of pyridine rings is 1. The van der Waals surface area contributed by atoms with Crippen molar-refractivity contribution in [3.63, 3.8) is 0 Å². The largest absolute Gasteiger partial charge is 0.462 e. The fourth-order valence-electron chi connectivity index (χ4n) is 3.58. The highest BCUT2D eigenvalue weighted by Crippen LogP contribution is 2.36. The van der Waals surface area contributed by atoms with Crippen molar-refractivity contribution in [2.24, 2.45) is 0 Å². The highest BCUT2D eigenvalue weighted by atomic mass is 35.5. The number of ether oxygens (including phenoxy) is 1. The quantitative estimate of drug-likeness (QED) is 0.350. The van der Waals surface area contributed by atoms with E-state index in [0.717, 1.165) is 22.6 Å². The van der Waals surface area contributed by atoms with Gasteiger partial charge in [-0.1, -0.05) is 29.8 Å². The van der Waals surface area contributed by atoms with Crippen LogP contribution in [0.2, 0.25) is 5.02 Å². The minimum absolute atomic E-state index is 0.176. The van der Waals surface area contributed by atoms with E-state index in [1.165, 1.54) is 11.3 Å². The van der Waals surface area contributed by atoms with Gasteiger partial charge >= 0.3 is 5.97 Å². The van der Waals surface area contributed by atoms with Crippen LogP contribution in [0.1, 0.15) is 35.1 Å². The first-order valence-corrected chi connectivity index (χ1v) is 11.5. The van der Waals surface area contributed by atoms with Gasteiger partial charge in [0, 0.05) is 34.3 Å². The lowest BCUT2D eigenvalue weighted by molar-refractivity contribution is -0.116. The Morgan fingerprint density at radius 2 is 1.97 bits per heavy atom. The maximum absolute atomic E-state index is 12.8. The Morgan fingerprint density at radius 1 is 1.19 bits per heavy atom. The number of hydrogen-bond acceptors (Lipinski definition) is 5. The highest BCUT2D eigenvalue weighted by Gasteiger charge is 2.23. The van der Waals surface area contributed by atoms with Crippen molar-refractivity contribution in [1.82, 2.24) is 9.38 Å². The van der Waals surface area contributed by atoms with Crippen LogP contribution in [0.4, 0.5) is 5.00 Å². The zero-order valence-electron chi connectivity index (χ0n) is 17.7. The maximum Gasteiger partial charge on any atom is 0.341 e. The molecule has 0 unspecified atom stereocenters. The summed E-state index contributed by atoms with van der Waals surface area (Å²) >= 11 is 7.30. The monoisotopic (exact) mass is 467 g/mol. The molecule has 1 N–H and O–H groups in total. The molecule has 6 nitrogen and oxygen atoms in total. The second kappa shape index (κ2) is 9.54. The number of amides is 1. The summed E-state index contributed by atoms with van der Waals surface area (Å²) in [5.41, 5.74) is 4.65. The SMILES string of the molecule is CCOC(=O)c1c(-c2ccc(Cl)cc2)csc1NC(=O)CCc1c(C)nc2ccccn12. The zero-order valence-corrected chi connectivity index (χ0v) is 19.3. The number of carbonyl (C=O) groups excluding carboxylic acids is 2. The van der Waals surface area contributed by atoms with E-state index in [1.54, 1.807) is 19.1 Å². The van der Waals surface area contributed by atoms with E-state index in [9.17, 15) is 9.59 Å². The van der Waals surface area contributed by atoms with Crippen LogP contribution in [0.3, 0.4) is 0 Å². The Hall–Kier alpha value is -3.16. The number of fused-ring (bicyclic) bond motifs is 1. The number of aryl methyl sites for hydroxylation is 2. The highest BCUT2D eigenvalue weighted by molar-refractivity contribution is 7.15. The van der Waals surface area contributed by atoms with Gasteiger partial charge in [0.1, 0.15) is 16.2 Å². The van der Waals surface area contributed by atoms with Crippen molar-refractivity contribution in [3.05, 3.63) is 76.0 Å². The van der Waals surface area contributed by atoms with Gasteiger partial charge in [0.05, 0.1) is 12.3 Å². The molecule has 4 rings (SSSR count). The lowest BCUT2D eigenvalue weighted by atomic mass is 10.0. The number of thiophene rings is 1. The molecule has 0 spiro atoms. The number of esters is 1. The van der Waals surface area contributed by atoms with E-state index in [-0.39, 0.29) is 18.9 Å². The normalized spacial score (nSPS) is 11.0. The summed E-state index contributed by atoms with van der Waals surface area (Å²) < 4.78 is 7.25. The zero-order chi connectivity index (χ0) is 22.7. The fraction of sp³-hybridized carbons (Fsp3) is 0.208. The lowest BCUT2D eigenvalue weighted by Gasteiger charge is -2.09. The van der Waals surface area contributed by atoms with Gasteiger partial charge in [0.25, 0.3) is 0 Å². The number of rotatable bonds is 7. The van der Waals surface area contributed by atoms with E-state index >= 15 is 0 Å². The predicted octanol–water partition coefficient (Wildman–Crippen LogP) is 5.77. The minimum Gasteiger partial charge on any atom is -0.462 e. The summed E-state index contributed by atoms with van der Waals surface area (Å²) in [6.45, 7) is 3.94. The van der Waals surface area contributed by atoms with Gasteiger partial charge in [0.15, 0.2) is 0 Å². The third-order valence-corrected chi connectivity index (χ3v) is 6.24. The summed E-state index contributed by atoms with van der Waals surface area (Å²) in [6.07, 6.45) is 2.74. The molecule has 0 aliphatic rings. The number of aromatic nitrogens is 2. The van der Waals surface area contributed by atoms with Gasteiger partial charge < -0.3 is 14.5 Å². The molecule has 32 heavy (non-hydrogen) atoms. The Kier molecular flexibility index (Phi) is 6.58. The fourth-order valence-corrected chi connectivity index (χ4v) is 4.68. The second-order valence-electron chi connectivity index (χ2n) is 7.20. The standard InChI is InChI=1S/C24H22ClN3O3S/c1-3-31-24(30)22-18(16-7-9-17(25)10-8-16)14-32-23(22)27-21(29)12-11-19-15(2)26-20-6-4-5-13-28(19)20/h4-10,13-14H,3,11-12H2,1-2H3,(H,27,29). The van der Waals surface area contributed by atoms with Gasteiger partial charge in [-0.2, -0.15) is 0 Å². The molecule has 8 heteroatoms. The molecular formula is C24H22ClN3O3S. The first kappa shape index (κ1) is 22.0.